The molecule has 39 heavy (non-hydrogen) atoms. The van der Waals surface area contributed by atoms with Gasteiger partial charge in [0.1, 0.15) is 23.8 Å². The number of hydrogen-bond acceptors (Lipinski definition) is 6. The van der Waals surface area contributed by atoms with Gasteiger partial charge in [0, 0.05) is 22.4 Å². The van der Waals surface area contributed by atoms with E-state index in [1.165, 1.54) is 6.20 Å². The molecule has 0 saturated heterocycles. The van der Waals surface area contributed by atoms with Gasteiger partial charge in [-0.15, -0.1) is 0 Å². The molecule has 6 rings (SSSR count). The molecule has 5 atom stereocenters. The summed E-state index contributed by atoms with van der Waals surface area (Å²) in [5.41, 5.74) is -1.11. The summed E-state index contributed by atoms with van der Waals surface area (Å²) >= 11 is 3.47. The summed E-state index contributed by atoms with van der Waals surface area (Å²) in [5, 5.41) is 34.1. The summed E-state index contributed by atoms with van der Waals surface area (Å²) in [6, 6.07) is 28.0. The van der Waals surface area contributed by atoms with Gasteiger partial charge in [-0.05, 0) is 28.8 Å². The highest BCUT2D eigenvalue weighted by Gasteiger charge is 2.76. The molecule has 1 aliphatic heterocycles. The molecule has 0 unspecified atom stereocenters. The molecule has 7 nitrogen and oxygen atoms in total. The van der Waals surface area contributed by atoms with E-state index in [9.17, 15) is 20.1 Å². The first kappa shape index (κ1) is 25.6. The number of benzene rings is 3. The fourth-order valence-corrected chi connectivity index (χ4v) is 6.49. The average Bonchev–Trinajstić information content (AvgIpc) is 3.31. The number of aliphatic hydroxyl groups excluding tert-OH is 1. The minimum absolute atomic E-state index is 0.152. The molecular weight excluding hydrogens is 562 g/mol. The zero-order valence-corrected chi connectivity index (χ0v) is 22.4. The van der Waals surface area contributed by atoms with Crippen LogP contribution in [0, 0.1) is 5.92 Å². The van der Waals surface area contributed by atoms with E-state index in [0.29, 0.717) is 17.9 Å². The van der Waals surface area contributed by atoms with Gasteiger partial charge in [0.25, 0.3) is 0 Å². The smallest absolute Gasteiger partial charge is 0.303 e. The number of halogens is 1. The van der Waals surface area contributed by atoms with E-state index in [0.717, 1.165) is 15.6 Å². The Kier molecular flexibility index (Phi) is 6.41. The first-order valence-corrected chi connectivity index (χ1v) is 13.4. The van der Waals surface area contributed by atoms with Crippen LogP contribution in [0.25, 0.3) is 0 Å². The average molecular weight is 588 g/mol. The number of aliphatic hydroxyl groups is 2. The van der Waals surface area contributed by atoms with Crippen molar-refractivity contribution >= 4 is 21.9 Å². The number of carboxylic acid groups (broad SMARTS) is 1. The highest BCUT2D eigenvalue weighted by molar-refractivity contribution is 9.10. The van der Waals surface area contributed by atoms with Crippen molar-refractivity contribution in [3.05, 3.63) is 124 Å². The standard InChI is InChI=1S/C31H26BrNO6/c32-22-13-11-21(12-14-22)31-27(20-9-5-2-6-10-20)24(16-26(34)35)29(36)30(31,37)28-25(39-31)15-23(17-33-28)38-18-19-7-3-1-4-8-19/h1-15,17,24,27,29,36-37H,16,18H2,(H,34,35)/t24-,27-,29-,30+,31+/m1/s1. The van der Waals surface area contributed by atoms with Crippen molar-refractivity contribution in [3.63, 3.8) is 0 Å². The molecule has 198 valence electrons. The topological polar surface area (TPSA) is 109 Å². The minimum atomic E-state index is -2.03. The third-order valence-electron chi connectivity index (χ3n) is 7.82. The van der Waals surface area contributed by atoms with Crippen LogP contribution in [0.4, 0.5) is 0 Å². The number of aromatic nitrogens is 1. The molecule has 0 amide bonds. The number of ether oxygens (including phenoxy) is 2. The number of rotatable bonds is 7. The van der Waals surface area contributed by atoms with Crippen molar-refractivity contribution in [1.82, 2.24) is 4.98 Å². The first-order valence-electron chi connectivity index (χ1n) is 12.6. The fourth-order valence-electron chi connectivity index (χ4n) is 6.22. The van der Waals surface area contributed by atoms with Gasteiger partial charge in [-0.2, -0.15) is 0 Å². The molecule has 2 aliphatic rings. The Bertz CT molecular complexity index is 1500. The summed E-state index contributed by atoms with van der Waals surface area (Å²) in [6.07, 6.45) is -0.347. The van der Waals surface area contributed by atoms with Crippen LogP contribution >= 0.6 is 15.9 Å². The lowest BCUT2D eigenvalue weighted by Gasteiger charge is -2.40. The largest absolute Gasteiger partial charge is 0.487 e. The molecule has 2 heterocycles. The zero-order chi connectivity index (χ0) is 27.2. The first-order chi connectivity index (χ1) is 18.8. The molecule has 0 bridgehead atoms. The Morgan fingerprint density at radius 1 is 1.00 bits per heavy atom. The lowest BCUT2D eigenvalue weighted by molar-refractivity contribution is -0.155. The zero-order valence-electron chi connectivity index (χ0n) is 20.8. The summed E-state index contributed by atoms with van der Waals surface area (Å²) in [6.45, 7) is 0.319. The molecule has 3 aromatic carbocycles. The molecule has 1 aliphatic carbocycles. The summed E-state index contributed by atoms with van der Waals surface area (Å²) in [7, 11) is 0. The summed E-state index contributed by atoms with van der Waals surface area (Å²) in [5.74, 6) is -1.92. The van der Waals surface area contributed by atoms with Gasteiger partial charge in [-0.1, -0.05) is 88.7 Å². The molecule has 0 radical (unpaired) electrons. The molecular formula is C31H26BrNO6. The number of hydrogen-bond donors (Lipinski definition) is 3. The lowest BCUT2D eigenvalue weighted by atomic mass is 9.71. The monoisotopic (exact) mass is 587 g/mol. The van der Waals surface area contributed by atoms with Crippen LogP contribution in [0.2, 0.25) is 0 Å². The predicted octanol–water partition coefficient (Wildman–Crippen LogP) is 5.15. The summed E-state index contributed by atoms with van der Waals surface area (Å²) in [4.78, 5) is 16.5. The molecule has 0 spiro atoms. The fraction of sp³-hybridized carbons (Fsp3) is 0.226. The highest BCUT2D eigenvalue weighted by Crippen LogP contribution is 2.68. The van der Waals surface area contributed by atoms with Crippen LogP contribution in [-0.4, -0.2) is 32.4 Å². The Hall–Kier alpha value is -3.72. The number of pyridine rings is 1. The Morgan fingerprint density at radius 2 is 1.67 bits per heavy atom. The van der Waals surface area contributed by atoms with Crippen molar-refractivity contribution in [1.29, 1.82) is 0 Å². The van der Waals surface area contributed by atoms with E-state index in [1.807, 2.05) is 84.9 Å². The van der Waals surface area contributed by atoms with Crippen molar-refractivity contribution < 1.29 is 29.6 Å². The summed E-state index contributed by atoms with van der Waals surface area (Å²) < 4.78 is 13.5. The van der Waals surface area contributed by atoms with Gasteiger partial charge in [-0.3, -0.25) is 9.78 Å². The van der Waals surface area contributed by atoms with E-state index in [2.05, 4.69) is 20.9 Å². The second kappa shape index (κ2) is 9.79. The number of aliphatic carboxylic acids is 1. The minimum Gasteiger partial charge on any atom is -0.487 e. The normalized spacial score (nSPS) is 26.9. The van der Waals surface area contributed by atoms with Gasteiger partial charge in [-0.25, -0.2) is 0 Å². The van der Waals surface area contributed by atoms with Crippen LogP contribution in [-0.2, 0) is 22.6 Å². The van der Waals surface area contributed by atoms with E-state index < -0.39 is 35.1 Å². The molecule has 1 saturated carbocycles. The molecule has 4 aromatic rings. The quantitative estimate of drug-likeness (QED) is 0.274. The number of nitrogens with zero attached hydrogens (tertiary/aromatic N) is 1. The van der Waals surface area contributed by atoms with E-state index >= 15 is 0 Å². The maximum absolute atomic E-state index is 12.6. The third kappa shape index (κ3) is 4.02. The van der Waals surface area contributed by atoms with E-state index in [1.54, 1.807) is 6.07 Å². The maximum atomic E-state index is 12.6. The number of carbonyl (C=O) groups is 1. The van der Waals surface area contributed by atoms with Crippen molar-refractivity contribution in [2.75, 3.05) is 0 Å². The molecule has 1 aromatic heterocycles. The number of fused-ring (bicyclic) bond motifs is 3. The Morgan fingerprint density at radius 3 is 2.33 bits per heavy atom. The van der Waals surface area contributed by atoms with Gasteiger partial charge < -0.3 is 24.8 Å². The molecule has 8 heteroatoms. The Balaban J connectivity index is 1.51. The van der Waals surface area contributed by atoms with Crippen LogP contribution < -0.4 is 9.47 Å². The second-order valence-electron chi connectivity index (χ2n) is 10.00. The van der Waals surface area contributed by atoms with Gasteiger partial charge in [0.15, 0.2) is 11.2 Å². The predicted molar refractivity (Wildman–Crippen MR) is 146 cm³/mol. The second-order valence-corrected chi connectivity index (χ2v) is 10.9. The van der Waals surface area contributed by atoms with E-state index in [-0.39, 0.29) is 17.9 Å². The van der Waals surface area contributed by atoms with Gasteiger partial charge in [0.2, 0.25) is 0 Å². The van der Waals surface area contributed by atoms with Crippen molar-refractivity contribution in [2.45, 2.75) is 36.3 Å². The maximum Gasteiger partial charge on any atom is 0.303 e. The van der Waals surface area contributed by atoms with Crippen LogP contribution in [0.1, 0.15) is 34.7 Å². The van der Waals surface area contributed by atoms with E-state index in [4.69, 9.17) is 9.47 Å². The van der Waals surface area contributed by atoms with Crippen LogP contribution in [0.15, 0.2) is 102 Å². The highest BCUT2D eigenvalue weighted by atomic mass is 79.9. The van der Waals surface area contributed by atoms with Crippen molar-refractivity contribution in [3.8, 4) is 11.5 Å². The SMILES string of the molecule is O=C(O)C[C@H]1[C@@H](O)[C@@]2(O)c3ncc(OCc4ccccc4)cc3O[C@@]2(c2ccc(Br)cc2)[C@@H]1c1ccccc1. The molecule has 1 fully saturated rings. The van der Waals surface area contributed by atoms with Crippen LogP contribution in [0.5, 0.6) is 11.5 Å². The van der Waals surface area contributed by atoms with Gasteiger partial charge in [0.05, 0.1) is 18.7 Å². The number of carboxylic acids is 1. The Labute approximate surface area is 233 Å². The third-order valence-corrected chi connectivity index (χ3v) is 8.34. The molecule has 3 N–H and O–H groups in total. The van der Waals surface area contributed by atoms with Crippen LogP contribution in [0.3, 0.4) is 0 Å². The van der Waals surface area contributed by atoms with Gasteiger partial charge >= 0.3 is 5.97 Å². The van der Waals surface area contributed by atoms with Crippen molar-refractivity contribution in [2.24, 2.45) is 5.92 Å². The lowest BCUT2D eigenvalue weighted by Crippen LogP contribution is -2.52.